The summed E-state index contributed by atoms with van der Waals surface area (Å²) in [4.78, 5) is 16.9. The maximum Gasteiger partial charge on any atom is 0.223 e. The predicted molar refractivity (Wildman–Crippen MR) is 87.5 cm³/mol. The molecule has 3 nitrogen and oxygen atoms in total. The van der Waals surface area contributed by atoms with Gasteiger partial charge in [0, 0.05) is 32.6 Å². The quantitative estimate of drug-likeness (QED) is 0.850. The second-order valence-electron chi connectivity index (χ2n) is 6.65. The molecular formula is C18H28N2O. The van der Waals surface area contributed by atoms with Crippen LogP contribution in [0.15, 0.2) is 24.3 Å². The highest BCUT2D eigenvalue weighted by molar-refractivity contribution is 5.77. The molecular weight excluding hydrogens is 260 g/mol. The Morgan fingerprint density at radius 1 is 1.10 bits per heavy atom. The zero-order chi connectivity index (χ0) is 15.4. The number of amides is 1. The Bertz CT molecular complexity index is 459. The first-order valence-corrected chi connectivity index (χ1v) is 8.00. The highest BCUT2D eigenvalue weighted by Gasteiger charge is 2.24. The number of benzene rings is 1. The van der Waals surface area contributed by atoms with Gasteiger partial charge in [0.15, 0.2) is 0 Å². The van der Waals surface area contributed by atoms with Crippen LogP contribution >= 0.6 is 0 Å². The Balaban J connectivity index is 2.02. The Morgan fingerprint density at radius 3 is 2.19 bits per heavy atom. The summed E-state index contributed by atoms with van der Waals surface area (Å²) in [7, 11) is 2.12. The molecule has 0 aliphatic carbocycles. The first-order valence-electron chi connectivity index (χ1n) is 8.00. The van der Waals surface area contributed by atoms with Crippen LogP contribution in [-0.2, 0) is 4.79 Å². The van der Waals surface area contributed by atoms with Gasteiger partial charge in [-0.1, -0.05) is 43.7 Å². The molecule has 1 atom stereocenters. The van der Waals surface area contributed by atoms with Crippen molar-refractivity contribution in [1.29, 1.82) is 0 Å². The van der Waals surface area contributed by atoms with Crippen molar-refractivity contribution >= 4 is 5.91 Å². The van der Waals surface area contributed by atoms with Crippen LogP contribution in [0.3, 0.4) is 0 Å². The highest BCUT2D eigenvalue weighted by Crippen LogP contribution is 2.29. The third kappa shape index (κ3) is 4.31. The van der Waals surface area contributed by atoms with Gasteiger partial charge in [0.05, 0.1) is 0 Å². The van der Waals surface area contributed by atoms with Gasteiger partial charge >= 0.3 is 0 Å². The first kappa shape index (κ1) is 16.0. The molecule has 1 saturated heterocycles. The number of carbonyl (C=O) groups excluding carboxylic acids is 1. The van der Waals surface area contributed by atoms with E-state index < -0.39 is 0 Å². The van der Waals surface area contributed by atoms with Gasteiger partial charge in [-0.2, -0.15) is 0 Å². The Hall–Kier alpha value is -1.35. The second-order valence-corrected chi connectivity index (χ2v) is 6.65. The van der Waals surface area contributed by atoms with E-state index in [1.807, 2.05) is 4.90 Å². The largest absolute Gasteiger partial charge is 0.340 e. The summed E-state index contributed by atoms with van der Waals surface area (Å²) in [5.41, 5.74) is 2.56. The minimum absolute atomic E-state index is 0.308. The van der Waals surface area contributed by atoms with Crippen LogP contribution in [0.2, 0.25) is 0 Å². The Morgan fingerprint density at radius 2 is 1.67 bits per heavy atom. The number of hydrogen-bond donors (Lipinski definition) is 0. The van der Waals surface area contributed by atoms with E-state index in [4.69, 9.17) is 0 Å². The molecule has 1 aromatic rings. The normalized spacial score (nSPS) is 18.0. The smallest absolute Gasteiger partial charge is 0.223 e. The van der Waals surface area contributed by atoms with Crippen LogP contribution in [0, 0.1) is 12.8 Å². The Labute approximate surface area is 128 Å². The predicted octanol–water partition coefficient (Wildman–Crippen LogP) is 2.90. The van der Waals surface area contributed by atoms with E-state index in [0.717, 1.165) is 26.2 Å². The zero-order valence-corrected chi connectivity index (χ0v) is 13.8. The average Bonchev–Trinajstić information content (AvgIpc) is 2.46. The van der Waals surface area contributed by atoms with Crippen LogP contribution in [-0.4, -0.2) is 48.9 Å². The molecule has 1 heterocycles. The molecule has 1 fully saturated rings. The van der Waals surface area contributed by atoms with Gasteiger partial charge in [0.25, 0.3) is 0 Å². The summed E-state index contributed by atoms with van der Waals surface area (Å²) in [5.74, 6) is 1.10. The maximum atomic E-state index is 12.6. The van der Waals surface area contributed by atoms with Crippen molar-refractivity contribution in [3.8, 4) is 0 Å². The number of hydrogen-bond acceptors (Lipinski definition) is 2. The molecule has 0 radical (unpaired) electrons. The lowest BCUT2D eigenvalue weighted by Gasteiger charge is -2.34. The van der Waals surface area contributed by atoms with Crippen molar-refractivity contribution in [1.82, 2.24) is 9.80 Å². The number of piperazine rings is 1. The number of carbonyl (C=O) groups is 1. The van der Waals surface area contributed by atoms with E-state index in [-0.39, 0.29) is 0 Å². The van der Waals surface area contributed by atoms with Crippen LogP contribution in [0.4, 0.5) is 0 Å². The van der Waals surface area contributed by atoms with Crippen LogP contribution in [0.25, 0.3) is 0 Å². The lowest BCUT2D eigenvalue weighted by Crippen LogP contribution is -2.47. The zero-order valence-electron chi connectivity index (χ0n) is 13.8. The van der Waals surface area contributed by atoms with Crippen molar-refractivity contribution in [3.63, 3.8) is 0 Å². The molecule has 2 rings (SSSR count). The van der Waals surface area contributed by atoms with Gasteiger partial charge < -0.3 is 9.80 Å². The number of rotatable bonds is 4. The molecule has 21 heavy (non-hydrogen) atoms. The van der Waals surface area contributed by atoms with Crippen LogP contribution in [0.1, 0.15) is 37.3 Å². The molecule has 0 N–H and O–H groups in total. The summed E-state index contributed by atoms with van der Waals surface area (Å²) in [6.07, 6.45) is 0.629. The van der Waals surface area contributed by atoms with Crippen molar-refractivity contribution in [3.05, 3.63) is 35.4 Å². The second kappa shape index (κ2) is 7.08. The van der Waals surface area contributed by atoms with Gasteiger partial charge in [-0.15, -0.1) is 0 Å². The molecule has 116 valence electrons. The van der Waals surface area contributed by atoms with Crippen LogP contribution < -0.4 is 0 Å². The summed E-state index contributed by atoms with van der Waals surface area (Å²) in [5, 5.41) is 0. The van der Waals surface area contributed by atoms with Gasteiger partial charge in [-0.25, -0.2) is 0 Å². The van der Waals surface area contributed by atoms with E-state index in [2.05, 4.69) is 57.0 Å². The van der Waals surface area contributed by atoms with Crippen molar-refractivity contribution in [2.45, 2.75) is 33.1 Å². The molecule has 1 aliphatic rings. The van der Waals surface area contributed by atoms with Crippen molar-refractivity contribution in [2.75, 3.05) is 33.2 Å². The minimum Gasteiger partial charge on any atom is -0.340 e. The third-order valence-electron chi connectivity index (χ3n) is 4.56. The van der Waals surface area contributed by atoms with Crippen molar-refractivity contribution in [2.24, 2.45) is 5.92 Å². The monoisotopic (exact) mass is 288 g/mol. The van der Waals surface area contributed by atoms with Crippen molar-refractivity contribution < 1.29 is 4.79 Å². The molecule has 0 bridgehead atoms. The van der Waals surface area contributed by atoms with E-state index in [0.29, 0.717) is 24.2 Å². The van der Waals surface area contributed by atoms with Crippen LogP contribution in [0.5, 0.6) is 0 Å². The van der Waals surface area contributed by atoms with E-state index in [1.54, 1.807) is 0 Å². The first-order chi connectivity index (χ1) is 9.97. The molecule has 1 amide bonds. The van der Waals surface area contributed by atoms with E-state index in [1.165, 1.54) is 11.1 Å². The molecule has 1 unspecified atom stereocenters. The molecule has 0 spiro atoms. The molecule has 0 aromatic heterocycles. The number of likely N-dealkylation sites (N-methyl/N-ethyl adjacent to an activating group) is 1. The Kier molecular flexibility index (Phi) is 5.40. The summed E-state index contributed by atoms with van der Waals surface area (Å²) in [6.45, 7) is 10.2. The standard InChI is InChI=1S/C18H28N2O/c1-14(2)17(16-7-5-15(3)6-8-16)13-18(21)20-11-9-19(4)10-12-20/h5-8,14,17H,9-13H2,1-4H3. The average molecular weight is 288 g/mol. The van der Waals surface area contributed by atoms with E-state index in [9.17, 15) is 4.79 Å². The number of nitrogens with zero attached hydrogens (tertiary/aromatic N) is 2. The summed E-state index contributed by atoms with van der Waals surface area (Å²) in [6, 6.07) is 8.64. The summed E-state index contributed by atoms with van der Waals surface area (Å²) < 4.78 is 0. The highest BCUT2D eigenvalue weighted by atomic mass is 16.2. The minimum atomic E-state index is 0.308. The molecule has 3 heteroatoms. The van der Waals surface area contributed by atoms with Gasteiger partial charge in [-0.05, 0) is 31.4 Å². The van der Waals surface area contributed by atoms with Gasteiger partial charge in [0.2, 0.25) is 5.91 Å². The van der Waals surface area contributed by atoms with Gasteiger partial charge in [0.1, 0.15) is 0 Å². The number of aryl methyl sites for hydroxylation is 1. The fourth-order valence-electron chi connectivity index (χ4n) is 2.93. The lowest BCUT2D eigenvalue weighted by molar-refractivity contribution is -0.133. The third-order valence-corrected chi connectivity index (χ3v) is 4.56. The lowest BCUT2D eigenvalue weighted by atomic mass is 9.85. The summed E-state index contributed by atoms with van der Waals surface area (Å²) >= 11 is 0. The van der Waals surface area contributed by atoms with Gasteiger partial charge in [-0.3, -0.25) is 4.79 Å². The molecule has 0 saturated carbocycles. The fourth-order valence-corrected chi connectivity index (χ4v) is 2.93. The maximum absolute atomic E-state index is 12.6. The fraction of sp³-hybridized carbons (Fsp3) is 0.611. The molecule has 1 aromatic carbocycles. The van der Waals surface area contributed by atoms with E-state index >= 15 is 0 Å². The SMILES string of the molecule is Cc1ccc(C(CC(=O)N2CCN(C)CC2)C(C)C)cc1. The molecule has 1 aliphatic heterocycles. The topological polar surface area (TPSA) is 23.6 Å².